The van der Waals surface area contributed by atoms with Crippen molar-refractivity contribution in [3.8, 4) is 0 Å². The van der Waals surface area contributed by atoms with E-state index in [1.54, 1.807) is 0 Å². The fourth-order valence-corrected chi connectivity index (χ4v) is 2.52. The lowest BCUT2D eigenvalue weighted by atomic mass is 9.94. The highest BCUT2D eigenvalue weighted by Gasteiger charge is 2.33. The van der Waals surface area contributed by atoms with Crippen molar-refractivity contribution in [3.63, 3.8) is 0 Å². The van der Waals surface area contributed by atoms with Gasteiger partial charge in [-0.3, -0.25) is 10.1 Å². The summed E-state index contributed by atoms with van der Waals surface area (Å²) >= 11 is 0. The molecule has 3 heteroatoms. The molecular formula is C10H18N2O. The second-order valence-electron chi connectivity index (χ2n) is 4.15. The van der Waals surface area contributed by atoms with Crippen LogP contribution in [-0.4, -0.2) is 29.6 Å². The van der Waals surface area contributed by atoms with Crippen LogP contribution >= 0.6 is 0 Å². The molecule has 2 rings (SSSR count). The van der Waals surface area contributed by atoms with E-state index in [4.69, 9.17) is 0 Å². The summed E-state index contributed by atoms with van der Waals surface area (Å²) < 4.78 is 0. The first-order valence-corrected chi connectivity index (χ1v) is 5.33. The van der Waals surface area contributed by atoms with Crippen LogP contribution < -0.4 is 5.32 Å². The van der Waals surface area contributed by atoms with Crippen molar-refractivity contribution in [2.24, 2.45) is 0 Å². The van der Waals surface area contributed by atoms with Crippen molar-refractivity contribution in [3.05, 3.63) is 0 Å². The van der Waals surface area contributed by atoms with Crippen LogP contribution in [-0.2, 0) is 4.79 Å². The van der Waals surface area contributed by atoms with Crippen LogP contribution in [0.25, 0.3) is 0 Å². The van der Waals surface area contributed by atoms with Crippen LogP contribution in [0.4, 0.5) is 0 Å². The summed E-state index contributed by atoms with van der Waals surface area (Å²) in [6.07, 6.45) is 6.61. The third-order valence-electron chi connectivity index (χ3n) is 3.22. The maximum absolute atomic E-state index is 11.5. The normalized spacial score (nSPS) is 31.3. The lowest BCUT2D eigenvalue weighted by molar-refractivity contribution is -0.130. The minimum Gasteiger partial charge on any atom is -0.323 e. The van der Waals surface area contributed by atoms with Crippen molar-refractivity contribution in [1.29, 1.82) is 0 Å². The Hall–Kier alpha value is -0.570. The fourth-order valence-electron chi connectivity index (χ4n) is 2.52. The first-order chi connectivity index (χ1) is 6.29. The molecule has 0 radical (unpaired) electrons. The lowest BCUT2D eigenvalue weighted by Crippen LogP contribution is -2.43. The standard InChI is InChI=1S/C10H18N2O/c1-8-11-7-10(13)12(8)9-5-3-2-4-6-9/h8-9,11H,2-7H2,1H3. The highest BCUT2D eigenvalue weighted by atomic mass is 16.2. The number of hydrogen-bond acceptors (Lipinski definition) is 2. The first-order valence-electron chi connectivity index (χ1n) is 5.33. The highest BCUT2D eigenvalue weighted by molar-refractivity contribution is 5.80. The van der Waals surface area contributed by atoms with Crippen LogP contribution in [0.2, 0.25) is 0 Å². The van der Waals surface area contributed by atoms with E-state index in [1.807, 2.05) is 0 Å². The predicted molar refractivity (Wildman–Crippen MR) is 51.2 cm³/mol. The van der Waals surface area contributed by atoms with Gasteiger partial charge in [0.05, 0.1) is 12.7 Å². The first kappa shape index (κ1) is 9.00. The summed E-state index contributed by atoms with van der Waals surface area (Å²) in [5, 5.41) is 3.19. The van der Waals surface area contributed by atoms with E-state index >= 15 is 0 Å². The molecule has 13 heavy (non-hydrogen) atoms. The minimum atomic E-state index is 0.260. The molecule has 1 atom stereocenters. The summed E-state index contributed by atoms with van der Waals surface area (Å²) in [4.78, 5) is 13.6. The summed E-state index contributed by atoms with van der Waals surface area (Å²) in [5.74, 6) is 0.291. The Kier molecular flexibility index (Phi) is 2.54. The molecule has 74 valence electrons. The van der Waals surface area contributed by atoms with Gasteiger partial charge in [0.2, 0.25) is 5.91 Å². The van der Waals surface area contributed by atoms with Gasteiger partial charge in [0.1, 0.15) is 0 Å². The molecule has 2 aliphatic rings. The molecule has 1 heterocycles. The number of hydrogen-bond donors (Lipinski definition) is 1. The second-order valence-corrected chi connectivity index (χ2v) is 4.15. The van der Waals surface area contributed by atoms with Crippen molar-refractivity contribution in [2.45, 2.75) is 51.2 Å². The van der Waals surface area contributed by atoms with E-state index in [0.717, 1.165) is 0 Å². The predicted octanol–water partition coefficient (Wildman–Crippen LogP) is 1.10. The maximum atomic E-state index is 11.5. The van der Waals surface area contributed by atoms with E-state index in [1.165, 1.54) is 32.1 Å². The number of amides is 1. The van der Waals surface area contributed by atoms with Gasteiger partial charge in [-0.15, -0.1) is 0 Å². The minimum absolute atomic E-state index is 0.260. The average Bonchev–Trinajstić information content (AvgIpc) is 2.48. The zero-order chi connectivity index (χ0) is 9.26. The van der Waals surface area contributed by atoms with Crippen molar-refractivity contribution in [2.75, 3.05) is 6.54 Å². The Bertz CT molecular complexity index is 199. The average molecular weight is 182 g/mol. The molecular weight excluding hydrogens is 164 g/mol. The molecule has 1 amide bonds. The molecule has 1 aliphatic carbocycles. The molecule has 1 N–H and O–H groups in total. The third kappa shape index (κ3) is 1.70. The lowest BCUT2D eigenvalue weighted by Gasteiger charge is -2.33. The van der Waals surface area contributed by atoms with Gasteiger partial charge in [-0.2, -0.15) is 0 Å². The molecule has 0 aromatic carbocycles. The summed E-state index contributed by atoms with van der Waals surface area (Å²) in [5.41, 5.74) is 0. The van der Waals surface area contributed by atoms with Crippen molar-refractivity contribution < 1.29 is 4.79 Å². The van der Waals surface area contributed by atoms with Gasteiger partial charge >= 0.3 is 0 Å². The maximum Gasteiger partial charge on any atom is 0.238 e. The van der Waals surface area contributed by atoms with Crippen LogP contribution in [0.15, 0.2) is 0 Å². The van der Waals surface area contributed by atoms with Gasteiger partial charge in [-0.1, -0.05) is 19.3 Å². The SMILES string of the molecule is CC1NCC(=O)N1C1CCCCC1. The molecule has 1 saturated heterocycles. The largest absolute Gasteiger partial charge is 0.323 e. The van der Waals surface area contributed by atoms with Crippen LogP contribution in [0.1, 0.15) is 39.0 Å². The van der Waals surface area contributed by atoms with Gasteiger partial charge in [-0.25, -0.2) is 0 Å². The molecule has 0 spiro atoms. The van der Waals surface area contributed by atoms with Gasteiger partial charge in [0.15, 0.2) is 0 Å². The van der Waals surface area contributed by atoms with Gasteiger partial charge in [0, 0.05) is 6.04 Å². The van der Waals surface area contributed by atoms with E-state index < -0.39 is 0 Å². The molecule has 0 bridgehead atoms. The Morgan fingerprint density at radius 1 is 1.31 bits per heavy atom. The Labute approximate surface area is 79.5 Å². The van der Waals surface area contributed by atoms with Crippen LogP contribution in [0.3, 0.4) is 0 Å². The molecule has 1 aliphatic heterocycles. The number of rotatable bonds is 1. The van der Waals surface area contributed by atoms with Gasteiger partial charge in [0.25, 0.3) is 0 Å². The molecule has 2 fully saturated rings. The van der Waals surface area contributed by atoms with Gasteiger partial charge in [-0.05, 0) is 19.8 Å². The monoisotopic (exact) mass is 182 g/mol. The number of nitrogens with zero attached hydrogens (tertiary/aromatic N) is 1. The molecule has 3 nitrogen and oxygen atoms in total. The smallest absolute Gasteiger partial charge is 0.238 e. The molecule has 0 aromatic heterocycles. The van der Waals surface area contributed by atoms with Crippen LogP contribution in [0, 0.1) is 0 Å². The van der Waals surface area contributed by atoms with E-state index in [9.17, 15) is 4.79 Å². The zero-order valence-electron chi connectivity index (χ0n) is 8.25. The molecule has 1 saturated carbocycles. The third-order valence-corrected chi connectivity index (χ3v) is 3.22. The Morgan fingerprint density at radius 3 is 2.54 bits per heavy atom. The topological polar surface area (TPSA) is 32.3 Å². The summed E-state index contributed by atoms with van der Waals surface area (Å²) in [6.45, 7) is 2.62. The van der Waals surface area contributed by atoms with Gasteiger partial charge < -0.3 is 4.90 Å². The second kappa shape index (κ2) is 3.66. The van der Waals surface area contributed by atoms with E-state index in [2.05, 4.69) is 17.1 Å². The Balaban J connectivity index is 2.00. The molecule has 0 aromatic rings. The van der Waals surface area contributed by atoms with E-state index in [0.29, 0.717) is 18.5 Å². The Morgan fingerprint density at radius 2 is 2.00 bits per heavy atom. The molecule has 1 unspecified atom stereocenters. The van der Waals surface area contributed by atoms with E-state index in [-0.39, 0.29) is 6.17 Å². The fraction of sp³-hybridized carbons (Fsp3) is 0.900. The number of carbonyl (C=O) groups is 1. The number of nitrogens with one attached hydrogen (secondary N) is 1. The summed E-state index contributed by atoms with van der Waals surface area (Å²) in [7, 11) is 0. The summed E-state index contributed by atoms with van der Waals surface area (Å²) in [6, 6.07) is 0.520. The van der Waals surface area contributed by atoms with Crippen LogP contribution in [0.5, 0.6) is 0 Å². The van der Waals surface area contributed by atoms with Crippen molar-refractivity contribution in [1.82, 2.24) is 10.2 Å². The number of carbonyl (C=O) groups excluding carboxylic acids is 1. The zero-order valence-corrected chi connectivity index (χ0v) is 8.25. The quantitative estimate of drug-likeness (QED) is 0.658. The van der Waals surface area contributed by atoms with Crippen molar-refractivity contribution >= 4 is 5.91 Å². The highest BCUT2D eigenvalue weighted by Crippen LogP contribution is 2.25.